The van der Waals surface area contributed by atoms with Crippen LogP contribution >= 0.6 is 15.9 Å². The molecule has 0 unspecified atom stereocenters. The predicted octanol–water partition coefficient (Wildman–Crippen LogP) is 3.35. The highest BCUT2D eigenvalue weighted by atomic mass is 79.9. The summed E-state index contributed by atoms with van der Waals surface area (Å²) in [5.41, 5.74) is 1.36. The third-order valence-electron chi connectivity index (χ3n) is 2.12. The van der Waals surface area contributed by atoms with Gasteiger partial charge in [0.1, 0.15) is 0 Å². The van der Waals surface area contributed by atoms with Gasteiger partial charge < -0.3 is 10.1 Å². The molecule has 90 valence electrons. The molecule has 0 saturated carbocycles. The predicted molar refractivity (Wildman–Crippen MR) is 71.6 cm³/mol. The van der Waals surface area contributed by atoms with E-state index < -0.39 is 0 Å². The molecule has 0 heterocycles. The van der Waals surface area contributed by atoms with Crippen molar-refractivity contribution >= 4 is 15.9 Å². The van der Waals surface area contributed by atoms with E-state index >= 15 is 0 Å². The molecule has 0 aliphatic heterocycles. The number of benzene rings is 1. The molecular weight excluding hydrogens is 266 g/mol. The van der Waals surface area contributed by atoms with Gasteiger partial charge in [0, 0.05) is 16.6 Å². The molecule has 0 aliphatic rings. The zero-order valence-corrected chi connectivity index (χ0v) is 11.8. The van der Waals surface area contributed by atoms with Gasteiger partial charge in [-0.25, -0.2) is 0 Å². The minimum Gasteiger partial charge on any atom is -0.375 e. The summed E-state index contributed by atoms with van der Waals surface area (Å²) >= 11 is 3.50. The molecule has 0 radical (unpaired) electrons. The van der Waals surface area contributed by atoms with Gasteiger partial charge >= 0.3 is 0 Å². The minimum atomic E-state index is 0.163. The van der Waals surface area contributed by atoms with Crippen molar-refractivity contribution < 1.29 is 4.74 Å². The maximum Gasteiger partial charge on any atom is 0.0728 e. The van der Waals surface area contributed by atoms with Crippen LogP contribution in [0, 0.1) is 0 Å². The standard InChI is InChI=1S/C13H20BrNO/c1-13(2,3)15-8-9-16-10-11-6-4-5-7-12(11)14/h4-7,15H,8-10H2,1-3H3. The van der Waals surface area contributed by atoms with Crippen LogP contribution in [0.4, 0.5) is 0 Å². The number of rotatable bonds is 5. The molecule has 0 bridgehead atoms. The average molecular weight is 286 g/mol. The Morgan fingerprint density at radius 2 is 1.94 bits per heavy atom. The van der Waals surface area contributed by atoms with Crippen molar-refractivity contribution in [3.8, 4) is 0 Å². The summed E-state index contributed by atoms with van der Waals surface area (Å²) in [6.45, 7) is 8.74. The molecule has 1 rings (SSSR count). The molecule has 16 heavy (non-hydrogen) atoms. The Hall–Kier alpha value is -0.380. The summed E-state index contributed by atoms with van der Waals surface area (Å²) < 4.78 is 6.71. The lowest BCUT2D eigenvalue weighted by Crippen LogP contribution is -2.37. The highest BCUT2D eigenvalue weighted by molar-refractivity contribution is 9.10. The summed E-state index contributed by atoms with van der Waals surface area (Å²) in [6, 6.07) is 8.14. The van der Waals surface area contributed by atoms with Crippen LogP contribution in [-0.2, 0) is 11.3 Å². The van der Waals surface area contributed by atoms with Gasteiger partial charge in [0.05, 0.1) is 13.2 Å². The number of halogens is 1. The Labute approximate surface area is 107 Å². The van der Waals surface area contributed by atoms with Gasteiger partial charge in [-0.2, -0.15) is 0 Å². The normalized spacial score (nSPS) is 11.8. The van der Waals surface area contributed by atoms with Crippen molar-refractivity contribution in [3.05, 3.63) is 34.3 Å². The smallest absolute Gasteiger partial charge is 0.0728 e. The highest BCUT2D eigenvalue weighted by Gasteiger charge is 2.07. The maximum atomic E-state index is 5.60. The second-order valence-corrected chi connectivity index (χ2v) is 5.68. The third kappa shape index (κ3) is 5.64. The Balaban J connectivity index is 2.19. The summed E-state index contributed by atoms with van der Waals surface area (Å²) in [5, 5.41) is 3.39. The lowest BCUT2D eigenvalue weighted by Gasteiger charge is -2.20. The Morgan fingerprint density at radius 1 is 1.25 bits per heavy atom. The van der Waals surface area contributed by atoms with Gasteiger partial charge in [0.2, 0.25) is 0 Å². The van der Waals surface area contributed by atoms with Crippen LogP contribution in [0.3, 0.4) is 0 Å². The van der Waals surface area contributed by atoms with E-state index in [9.17, 15) is 0 Å². The fourth-order valence-electron chi connectivity index (χ4n) is 1.30. The van der Waals surface area contributed by atoms with Gasteiger partial charge in [-0.1, -0.05) is 34.1 Å². The van der Waals surface area contributed by atoms with E-state index in [-0.39, 0.29) is 5.54 Å². The number of hydrogen-bond donors (Lipinski definition) is 1. The number of nitrogens with one attached hydrogen (secondary N) is 1. The van der Waals surface area contributed by atoms with Gasteiger partial charge in [-0.3, -0.25) is 0 Å². The highest BCUT2D eigenvalue weighted by Crippen LogP contribution is 2.16. The molecule has 0 atom stereocenters. The zero-order valence-electron chi connectivity index (χ0n) is 10.2. The van der Waals surface area contributed by atoms with Crippen molar-refractivity contribution in [1.82, 2.24) is 5.32 Å². The van der Waals surface area contributed by atoms with Crippen molar-refractivity contribution in [2.24, 2.45) is 0 Å². The van der Waals surface area contributed by atoms with Gasteiger partial charge in [-0.05, 0) is 32.4 Å². The van der Waals surface area contributed by atoms with Crippen LogP contribution in [0.5, 0.6) is 0 Å². The molecule has 0 amide bonds. The van der Waals surface area contributed by atoms with Crippen molar-refractivity contribution in [3.63, 3.8) is 0 Å². The first-order chi connectivity index (χ1) is 7.49. The van der Waals surface area contributed by atoms with Crippen LogP contribution in [-0.4, -0.2) is 18.7 Å². The molecule has 3 heteroatoms. The number of ether oxygens (including phenoxy) is 1. The summed E-state index contributed by atoms with van der Waals surface area (Å²) in [5.74, 6) is 0. The van der Waals surface area contributed by atoms with E-state index in [0.717, 1.165) is 17.6 Å². The summed E-state index contributed by atoms with van der Waals surface area (Å²) in [4.78, 5) is 0. The lowest BCUT2D eigenvalue weighted by atomic mass is 10.1. The van der Waals surface area contributed by atoms with E-state index in [1.807, 2.05) is 18.2 Å². The molecule has 0 saturated heterocycles. The maximum absolute atomic E-state index is 5.60. The zero-order chi connectivity index (χ0) is 12.0. The summed E-state index contributed by atoms with van der Waals surface area (Å²) in [7, 11) is 0. The molecule has 1 N–H and O–H groups in total. The van der Waals surface area contributed by atoms with Crippen LogP contribution in [0.2, 0.25) is 0 Å². The Morgan fingerprint density at radius 3 is 2.56 bits per heavy atom. The summed E-state index contributed by atoms with van der Waals surface area (Å²) in [6.07, 6.45) is 0. The van der Waals surface area contributed by atoms with Crippen LogP contribution in [0.25, 0.3) is 0 Å². The minimum absolute atomic E-state index is 0.163. The fraction of sp³-hybridized carbons (Fsp3) is 0.538. The van der Waals surface area contributed by atoms with Gasteiger partial charge in [-0.15, -0.1) is 0 Å². The van der Waals surface area contributed by atoms with Crippen molar-refractivity contribution in [2.75, 3.05) is 13.2 Å². The average Bonchev–Trinajstić information content (AvgIpc) is 2.18. The second-order valence-electron chi connectivity index (χ2n) is 4.82. The van der Waals surface area contributed by atoms with Gasteiger partial charge in [0.25, 0.3) is 0 Å². The van der Waals surface area contributed by atoms with Crippen LogP contribution in [0.15, 0.2) is 28.7 Å². The van der Waals surface area contributed by atoms with E-state index in [4.69, 9.17) is 4.74 Å². The Bertz CT molecular complexity index is 320. The van der Waals surface area contributed by atoms with Crippen molar-refractivity contribution in [1.29, 1.82) is 0 Å². The SMILES string of the molecule is CC(C)(C)NCCOCc1ccccc1Br. The first-order valence-electron chi connectivity index (χ1n) is 5.55. The second kappa shape index (κ2) is 6.38. The first-order valence-corrected chi connectivity index (χ1v) is 6.34. The van der Waals surface area contributed by atoms with Crippen molar-refractivity contribution in [2.45, 2.75) is 32.9 Å². The monoisotopic (exact) mass is 285 g/mol. The first kappa shape index (κ1) is 13.7. The molecule has 0 aromatic heterocycles. The van der Waals surface area contributed by atoms with Crippen LogP contribution in [0.1, 0.15) is 26.3 Å². The molecule has 0 spiro atoms. The molecule has 1 aromatic carbocycles. The van der Waals surface area contributed by atoms with E-state index in [1.54, 1.807) is 0 Å². The van der Waals surface area contributed by atoms with Gasteiger partial charge in [0.15, 0.2) is 0 Å². The lowest BCUT2D eigenvalue weighted by molar-refractivity contribution is 0.117. The largest absolute Gasteiger partial charge is 0.375 e. The fourth-order valence-corrected chi connectivity index (χ4v) is 1.70. The van der Waals surface area contributed by atoms with Crippen LogP contribution < -0.4 is 5.32 Å². The topological polar surface area (TPSA) is 21.3 Å². The number of hydrogen-bond acceptors (Lipinski definition) is 2. The molecule has 1 aromatic rings. The van der Waals surface area contributed by atoms with E-state index in [1.165, 1.54) is 5.56 Å². The van der Waals surface area contributed by atoms with E-state index in [2.05, 4.69) is 48.1 Å². The van der Waals surface area contributed by atoms with E-state index in [0.29, 0.717) is 6.61 Å². The molecule has 0 fully saturated rings. The third-order valence-corrected chi connectivity index (χ3v) is 2.89. The molecule has 2 nitrogen and oxygen atoms in total. The molecule has 0 aliphatic carbocycles. The molecular formula is C13H20BrNO. The quantitative estimate of drug-likeness (QED) is 0.838. The Kier molecular flexibility index (Phi) is 5.46.